The highest BCUT2D eigenvalue weighted by Gasteiger charge is 2.58. The number of piperazine rings is 1. The van der Waals surface area contributed by atoms with Crippen LogP contribution in [0.2, 0.25) is 0 Å². The molecule has 0 aromatic rings. The van der Waals surface area contributed by atoms with E-state index in [1.807, 2.05) is 20.9 Å². The molecule has 1 aliphatic carbocycles. The zero-order valence-corrected chi connectivity index (χ0v) is 17.6. The van der Waals surface area contributed by atoms with Gasteiger partial charge in [0.2, 0.25) is 5.91 Å². The van der Waals surface area contributed by atoms with E-state index in [9.17, 15) is 4.79 Å². The molecule has 3 unspecified atom stereocenters. The zero-order valence-electron chi connectivity index (χ0n) is 17.6. The lowest BCUT2D eigenvalue weighted by Crippen LogP contribution is -2.71. The van der Waals surface area contributed by atoms with Gasteiger partial charge in [0.1, 0.15) is 0 Å². The normalized spacial score (nSPS) is 31.3. The molecule has 27 heavy (non-hydrogen) atoms. The predicted molar refractivity (Wildman–Crippen MR) is 108 cm³/mol. The number of ether oxygens (including phenoxy) is 1. The van der Waals surface area contributed by atoms with Crippen molar-refractivity contribution in [3.63, 3.8) is 0 Å². The van der Waals surface area contributed by atoms with Crippen molar-refractivity contribution in [1.29, 1.82) is 0 Å². The fourth-order valence-electron chi connectivity index (χ4n) is 4.94. The number of amides is 1. The van der Waals surface area contributed by atoms with Crippen LogP contribution in [0.5, 0.6) is 0 Å². The number of guanidine groups is 1. The summed E-state index contributed by atoms with van der Waals surface area (Å²) in [5.41, 5.74) is 0.137. The number of carbonyl (C=O) groups excluding carboxylic acids is 1. The largest absolute Gasteiger partial charge is 0.377 e. The van der Waals surface area contributed by atoms with Crippen LogP contribution in [-0.4, -0.2) is 86.2 Å². The lowest BCUT2D eigenvalue weighted by Gasteiger charge is -2.60. The number of rotatable bonds is 4. The molecule has 3 aliphatic rings. The van der Waals surface area contributed by atoms with Crippen molar-refractivity contribution in [2.45, 2.75) is 58.7 Å². The van der Waals surface area contributed by atoms with E-state index in [1.54, 1.807) is 0 Å². The third-order valence-electron chi connectivity index (χ3n) is 6.32. The third kappa shape index (κ3) is 4.40. The Balaban J connectivity index is 1.50. The number of nitrogens with one attached hydrogen (secondary N) is 2. The molecule has 2 aliphatic heterocycles. The van der Waals surface area contributed by atoms with Crippen LogP contribution in [0.25, 0.3) is 0 Å². The number of nitrogens with zero attached hydrogens (tertiary/aromatic N) is 3. The van der Waals surface area contributed by atoms with Gasteiger partial charge in [-0.05, 0) is 26.7 Å². The molecule has 0 aromatic heterocycles. The monoisotopic (exact) mass is 379 g/mol. The van der Waals surface area contributed by atoms with Crippen molar-refractivity contribution in [2.24, 2.45) is 16.3 Å². The van der Waals surface area contributed by atoms with Crippen molar-refractivity contribution < 1.29 is 9.53 Å². The van der Waals surface area contributed by atoms with Gasteiger partial charge in [0.05, 0.1) is 12.6 Å². The van der Waals surface area contributed by atoms with Gasteiger partial charge in [-0.25, -0.2) is 0 Å². The maximum Gasteiger partial charge on any atom is 0.234 e. The Morgan fingerprint density at radius 1 is 1.26 bits per heavy atom. The molecule has 3 fully saturated rings. The Morgan fingerprint density at radius 3 is 2.59 bits per heavy atom. The average molecular weight is 380 g/mol. The van der Waals surface area contributed by atoms with E-state index in [0.29, 0.717) is 24.6 Å². The van der Waals surface area contributed by atoms with Crippen molar-refractivity contribution in [3.05, 3.63) is 0 Å². The minimum Gasteiger partial charge on any atom is -0.377 e. The molecule has 0 bridgehead atoms. The molecule has 0 spiro atoms. The molecule has 2 N–H and O–H groups in total. The number of fused-ring (bicyclic) bond motifs is 1. The summed E-state index contributed by atoms with van der Waals surface area (Å²) in [7, 11) is 1.87. The molecule has 7 nitrogen and oxygen atoms in total. The fourth-order valence-corrected chi connectivity index (χ4v) is 4.94. The quantitative estimate of drug-likeness (QED) is 0.561. The van der Waals surface area contributed by atoms with Crippen LogP contribution < -0.4 is 10.6 Å². The van der Waals surface area contributed by atoms with E-state index in [2.05, 4.69) is 39.3 Å². The minimum absolute atomic E-state index is 0.112. The highest BCUT2D eigenvalue weighted by molar-refractivity contribution is 5.81. The first-order valence-electron chi connectivity index (χ1n) is 10.4. The van der Waals surface area contributed by atoms with Gasteiger partial charge in [0, 0.05) is 63.3 Å². The molecule has 154 valence electrons. The maximum absolute atomic E-state index is 12.0. The molecule has 0 radical (unpaired) electrons. The molecule has 2 heterocycles. The average Bonchev–Trinajstić information content (AvgIpc) is 2.62. The van der Waals surface area contributed by atoms with E-state index >= 15 is 0 Å². The molecule has 2 saturated heterocycles. The maximum atomic E-state index is 12.0. The van der Waals surface area contributed by atoms with Gasteiger partial charge >= 0.3 is 0 Å². The predicted octanol–water partition coefficient (Wildman–Crippen LogP) is 0.908. The number of aliphatic imine (C=N–C) groups is 1. The molecule has 7 heteroatoms. The van der Waals surface area contributed by atoms with Gasteiger partial charge in [0.15, 0.2) is 5.96 Å². The van der Waals surface area contributed by atoms with E-state index in [1.165, 1.54) is 6.42 Å². The summed E-state index contributed by atoms with van der Waals surface area (Å²) in [6, 6.07) is 0.608. The van der Waals surface area contributed by atoms with Gasteiger partial charge in [0.25, 0.3) is 0 Å². The molecule has 1 saturated carbocycles. The second-order valence-corrected chi connectivity index (χ2v) is 9.07. The summed E-state index contributed by atoms with van der Waals surface area (Å²) in [5.74, 6) is 1.69. The van der Waals surface area contributed by atoms with E-state index in [-0.39, 0.29) is 17.4 Å². The van der Waals surface area contributed by atoms with E-state index in [0.717, 1.165) is 45.2 Å². The third-order valence-corrected chi connectivity index (χ3v) is 6.32. The molecule has 1 amide bonds. The van der Waals surface area contributed by atoms with Crippen LogP contribution in [0.3, 0.4) is 0 Å². The second kappa shape index (κ2) is 8.35. The first-order valence-corrected chi connectivity index (χ1v) is 10.4. The van der Waals surface area contributed by atoms with Gasteiger partial charge in [-0.2, -0.15) is 0 Å². The van der Waals surface area contributed by atoms with Gasteiger partial charge in [-0.15, -0.1) is 0 Å². The van der Waals surface area contributed by atoms with Crippen LogP contribution in [-0.2, 0) is 9.53 Å². The molecular weight excluding hydrogens is 342 g/mol. The minimum atomic E-state index is 0.112. The van der Waals surface area contributed by atoms with Crippen LogP contribution in [0, 0.1) is 11.3 Å². The highest BCUT2D eigenvalue weighted by Crippen LogP contribution is 2.51. The van der Waals surface area contributed by atoms with Crippen molar-refractivity contribution in [3.8, 4) is 0 Å². The summed E-state index contributed by atoms with van der Waals surface area (Å²) < 4.78 is 6.02. The first-order chi connectivity index (χ1) is 12.8. The van der Waals surface area contributed by atoms with Crippen LogP contribution >= 0.6 is 0 Å². The standard InChI is InChI=1S/C20H37N5O2/c1-14(2)22-16(26)13-24-8-10-25(11-9-24)19(21-5)23-17-15-7-6-12-27-18(15)20(17,3)4/h14-15,17-18H,6-13H2,1-5H3,(H,21,23)(H,22,26). The summed E-state index contributed by atoms with van der Waals surface area (Å²) in [6.07, 6.45) is 2.77. The van der Waals surface area contributed by atoms with Gasteiger partial charge < -0.3 is 20.3 Å². The molecule has 3 atom stereocenters. The Kier molecular flexibility index (Phi) is 6.31. The van der Waals surface area contributed by atoms with Gasteiger partial charge in [-0.1, -0.05) is 13.8 Å². The van der Waals surface area contributed by atoms with Crippen LogP contribution in [0.4, 0.5) is 0 Å². The SMILES string of the molecule is CN=C(NC1C2CCCOC2C1(C)C)N1CCN(CC(=O)NC(C)C)CC1. The van der Waals surface area contributed by atoms with E-state index < -0.39 is 0 Å². The van der Waals surface area contributed by atoms with Crippen LogP contribution in [0.1, 0.15) is 40.5 Å². The molecular formula is C20H37N5O2. The number of carbonyl (C=O) groups is 1. The topological polar surface area (TPSA) is 69.2 Å². The summed E-state index contributed by atoms with van der Waals surface area (Å²) >= 11 is 0. The Bertz CT molecular complexity index is 555. The van der Waals surface area contributed by atoms with E-state index in [4.69, 9.17) is 4.74 Å². The summed E-state index contributed by atoms with van der Waals surface area (Å²) in [5, 5.41) is 6.71. The Hall–Kier alpha value is -1.34. The Labute approximate surface area is 163 Å². The second-order valence-electron chi connectivity index (χ2n) is 9.07. The summed E-state index contributed by atoms with van der Waals surface area (Å²) in [6.45, 7) is 13.5. The summed E-state index contributed by atoms with van der Waals surface area (Å²) in [4.78, 5) is 21.1. The molecule has 0 aromatic carbocycles. The van der Waals surface area contributed by atoms with Crippen molar-refractivity contribution >= 4 is 11.9 Å². The Morgan fingerprint density at radius 2 is 1.96 bits per heavy atom. The van der Waals surface area contributed by atoms with Crippen molar-refractivity contribution in [2.75, 3.05) is 46.4 Å². The first kappa shape index (κ1) is 20.4. The van der Waals surface area contributed by atoms with Crippen molar-refractivity contribution in [1.82, 2.24) is 20.4 Å². The zero-order chi connectivity index (χ0) is 19.6. The van der Waals surface area contributed by atoms with Crippen LogP contribution in [0.15, 0.2) is 4.99 Å². The number of hydrogen-bond donors (Lipinski definition) is 2. The lowest BCUT2D eigenvalue weighted by atomic mass is 9.55. The fraction of sp³-hybridized carbons (Fsp3) is 0.900. The highest BCUT2D eigenvalue weighted by atomic mass is 16.5. The number of hydrogen-bond acceptors (Lipinski definition) is 4. The molecule has 3 rings (SSSR count). The lowest BCUT2D eigenvalue weighted by molar-refractivity contribution is -0.188. The smallest absolute Gasteiger partial charge is 0.234 e. The van der Waals surface area contributed by atoms with Gasteiger partial charge in [-0.3, -0.25) is 14.7 Å².